The van der Waals surface area contributed by atoms with Gasteiger partial charge in [0.1, 0.15) is 12.5 Å². The van der Waals surface area contributed by atoms with E-state index in [9.17, 15) is 14.4 Å². The molecule has 3 aliphatic rings. The maximum Gasteiger partial charge on any atom is 0.321 e. The van der Waals surface area contributed by atoms with Gasteiger partial charge in [0.2, 0.25) is 0 Å². The minimum atomic E-state index is -1.14. The van der Waals surface area contributed by atoms with E-state index >= 15 is 0 Å². The van der Waals surface area contributed by atoms with Gasteiger partial charge in [-0.2, -0.15) is 0 Å². The predicted molar refractivity (Wildman–Crippen MR) is 216 cm³/mol. The normalized spacial score (nSPS) is 22.6. The van der Waals surface area contributed by atoms with Gasteiger partial charge in [-0.25, -0.2) is 0 Å². The lowest BCUT2D eigenvalue weighted by Crippen LogP contribution is -2.25. The highest BCUT2D eigenvalue weighted by atomic mass is 16.5. The summed E-state index contributed by atoms with van der Waals surface area (Å²) in [6.45, 7) is 21.3. The van der Waals surface area contributed by atoms with Gasteiger partial charge in [0.15, 0.2) is 5.78 Å². The SMILES string of the molecule is C=Cc1c2[nH]c(c1C)/C=C1\N/C(=C3\c4[nH]c(c(C)c4C(=O)[C@@H]3C(=O)OC)/C=c3\[nH]/c(c(C)c3CC)=C\2)[C@@H](CCC(=O)OC/C=C(/C)CCCC(C)C)[C@@H]1C. The number of carbonyl (C=O) groups excluding carboxylic acids is 3. The zero-order valence-corrected chi connectivity index (χ0v) is 33.4. The average Bonchev–Trinajstić information content (AvgIpc) is 3.87. The Balaban J connectivity index is 1.47. The smallest absolute Gasteiger partial charge is 0.321 e. The van der Waals surface area contributed by atoms with Crippen molar-refractivity contribution in [3.05, 3.63) is 96.5 Å². The van der Waals surface area contributed by atoms with Crippen LogP contribution in [0.1, 0.15) is 128 Å². The van der Waals surface area contributed by atoms with E-state index in [1.165, 1.54) is 24.7 Å². The number of carbonyl (C=O) groups is 3. The van der Waals surface area contributed by atoms with Crippen LogP contribution in [0, 0.1) is 44.4 Å². The van der Waals surface area contributed by atoms with E-state index in [4.69, 9.17) is 9.47 Å². The molecular formula is C45H56N4O5. The highest BCUT2D eigenvalue weighted by Gasteiger charge is 2.48. The summed E-state index contributed by atoms with van der Waals surface area (Å²) in [5.41, 5.74) is 12.4. The fraction of sp³-hybridized carbons (Fsp3) is 0.444. The Morgan fingerprint density at radius 1 is 0.963 bits per heavy atom. The third-order valence-corrected chi connectivity index (χ3v) is 11.8. The first kappa shape index (κ1) is 38.7. The van der Waals surface area contributed by atoms with Crippen LogP contribution in [0.3, 0.4) is 0 Å². The largest absolute Gasteiger partial charge is 0.468 e. The number of aromatic amines is 3. The average molecular weight is 733 g/mol. The zero-order chi connectivity index (χ0) is 39.0. The van der Waals surface area contributed by atoms with Crippen LogP contribution < -0.4 is 16.0 Å². The van der Waals surface area contributed by atoms with Crippen LogP contribution in [0.4, 0.5) is 0 Å². The fourth-order valence-corrected chi connectivity index (χ4v) is 8.51. The Morgan fingerprint density at radius 3 is 2.37 bits per heavy atom. The predicted octanol–water partition coefficient (Wildman–Crippen LogP) is 7.46. The second kappa shape index (κ2) is 15.7. The van der Waals surface area contributed by atoms with Crippen molar-refractivity contribution in [1.29, 1.82) is 0 Å². The number of rotatable bonds is 12. The van der Waals surface area contributed by atoms with Crippen molar-refractivity contribution < 1.29 is 23.9 Å². The van der Waals surface area contributed by atoms with Gasteiger partial charge in [-0.05, 0) is 106 Å². The van der Waals surface area contributed by atoms with Crippen LogP contribution in [-0.2, 0) is 25.5 Å². The van der Waals surface area contributed by atoms with E-state index in [0.29, 0.717) is 29.2 Å². The molecule has 0 spiro atoms. The first-order valence-electron chi connectivity index (χ1n) is 19.4. The summed E-state index contributed by atoms with van der Waals surface area (Å²) in [6.07, 6.45) is 14.9. The van der Waals surface area contributed by atoms with Crippen LogP contribution in [-0.4, -0.2) is 46.4 Å². The van der Waals surface area contributed by atoms with Gasteiger partial charge < -0.3 is 29.7 Å². The van der Waals surface area contributed by atoms with Gasteiger partial charge in [0, 0.05) is 74.1 Å². The van der Waals surface area contributed by atoms with Crippen LogP contribution in [0.2, 0.25) is 0 Å². The molecule has 1 fully saturated rings. The number of methoxy groups -OCH3 is 1. The van der Waals surface area contributed by atoms with Gasteiger partial charge in [0.05, 0.1) is 12.8 Å². The Kier molecular flexibility index (Phi) is 11.3. The number of nitrogens with one attached hydrogen (secondary N) is 4. The van der Waals surface area contributed by atoms with Crippen molar-refractivity contribution in [3.8, 4) is 0 Å². The number of ether oxygens (including phenoxy) is 2. The third kappa shape index (κ3) is 7.13. The third-order valence-electron chi connectivity index (χ3n) is 11.8. The number of H-pyrrole nitrogens is 3. The van der Waals surface area contributed by atoms with Crippen LogP contribution in [0.5, 0.6) is 0 Å². The van der Waals surface area contributed by atoms with Crippen molar-refractivity contribution in [2.45, 2.75) is 93.9 Å². The van der Waals surface area contributed by atoms with Gasteiger partial charge in [-0.3, -0.25) is 14.4 Å². The maximum absolute atomic E-state index is 14.3. The summed E-state index contributed by atoms with van der Waals surface area (Å²) >= 11 is 0. The molecule has 5 heterocycles. The number of hydrogen-bond acceptors (Lipinski definition) is 6. The molecule has 286 valence electrons. The molecular weight excluding hydrogens is 677 g/mol. The molecule has 1 aliphatic carbocycles. The van der Waals surface area contributed by atoms with Crippen molar-refractivity contribution in [2.75, 3.05) is 13.7 Å². The van der Waals surface area contributed by atoms with E-state index in [2.05, 4.69) is 93.5 Å². The highest BCUT2D eigenvalue weighted by molar-refractivity contribution is 6.24. The van der Waals surface area contributed by atoms with Crippen molar-refractivity contribution in [2.24, 2.45) is 23.7 Å². The Labute approximate surface area is 318 Å². The van der Waals surface area contributed by atoms with E-state index in [1.54, 1.807) is 0 Å². The van der Waals surface area contributed by atoms with E-state index in [-0.39, 0.29) is 36.6 Å². The topological polar surface area (TPSA) is 129 Å². The molecule has 4 N–H and O–H groups in total. The number of esters is 2. The number of ketones is 1. The van der Waals surface area contributed by atoms with E-state index < -0.39 is 11.9 Å². The molecule has 0 amide bonds. The van der Waals surface area contributed by atoms with Crippen LogP contribution in [0.15, 0.2) is 29.6 Å². The van der Waals surface area contributed by atoms with E-state index in [0.717, 1.165) is 80.7 Å². The van der Waals surface area contributed by atoms with Gasteiger partial charge in [0.25, 0.3) is 0 Å². The first-order chi connectivity index (χ1) is 25.8. The lowest BCUT2D eigenvalue weighted by Gasteiger charge is -2.19. The lowest BCUT2D eigenvalue weighted by atomic mass is 9.85. The van der Waals surface area contributed by atoms with Gasteiger partial charge in [-0.1, -0.05) is 52.3 Å². The molecule has 0 aromatic carbocycles. The molecule has 1 saturated heterocycles. The summed E-state index contributed by atoms with van der Waals surface area (Å²) in [5.74, 6) is -1.95. The van der Waals surface area contributed by atoms with Gasteiger partial charge in [-0.15, -0.1) is 0 Å². The standard InChI is InChI=1S/C45H56N4O5/c1-11-29-25(6)32-20-34-27(8)31(16-17-38(50)54-19-18-24(5)15-13-14-23(3)4)42(48-34)40-41(45(52)53-10)44(51)39-28(9)35(49-43(39)40)22-37-30(12-2)26(7)33(47-37)21-36(29)46-32/h11,18,20-23,27,31,41,46-49H,1,12-17,19H2,2-10H3/b24-18-,33-21-,34-20-,37-22-,42-40-/t27-,31-,41+/m0/s1. The van der Waals surface area contributed by atoms with Crippen LogP contribution >= 0.6 is 0 Å². The second-order valence-electron chi connectivity index (χ2n) is 15.6. The Hall–Kier alpha value is -5.05. The van der Waals surface area contributed by atoms with Crippen molar-refractivity contribution in [1.82, 2.24) is 20.3 Å². The fourth-order valence-electron chi connectivity index (χ4n) is 8.51. The summed E-state index contributed by atoms with van der Waals surface area (Å²) in [5, 5.41) is 5.63. The second-order valence-corrected chi connectivity index (χ2v) is 15.6. The Morgan fingerprint density at radius 2 is 1.69 bits per heavy atom. The number of hydrogen-bond donors (Lipinski definition) is 4. The minimum Gasteiger partial charge on any atom is -0.468 e. The first-order valence-corrected chi connectivity index (χ1v) is 19.4. The van der Waals surface area contributed by atoms with Gasteiger partial charge >= 0.3 is 11.9 Å². The molecule has 3 aromatic rings. The molecule has 6 rings (SSSR count). The molecule has 3 aromatic heterocycles. The molecule has 0 saturated carbocycles. The van der Waals surface area contributed by atoms with Crippen molar-refractivity contribution in [3.63, 3.8) is 0 Å². The lowest BCUT2D eigenvalue weighted by molar-refractivity contribution is -0.143. The summed E-state index contributed by atoms with van der Waals surface area (Å²) in [4.78, 5) is 51.9. The highest BCUT2D eigenvalue weighted by Crippen LogP contribution is 2.48. The molecule has 9 nitrogen and oxygen atoms in total. The summed E-state index contributed by atoms with van der Waals surface area (Å²) in [7, 11) is 1.32. The minimum absolute atomic E-state index is 0.0826. The maximum atomic E-state index is 14.3. The molecule has 9 heteroatoms. The Bertz CT molecular complexity index is 2230. The molecule has 2 aliphatic heterocycles. The summed E-state index contributed by atoms with van der Waals surface area (Å²) in [6, 6.07) is 0. The monoisotopic (exact) mass is 732 g/mol. The molecule has 0 unspecified atom stereocenters. The molecule has 3 atom stereocenters. The number of Topliss-reactive ketones (excluding diaryl/α,β-unsaturated/α-hetero) is 1. The number of allylic oxidation sites excluding steroid dienone is 3. The van der Waals surface area contributed by atoms with Crippen LogP contribution in [0.25, 0.3) is 29.9 Å². The molecule has 0 radical (unpaired) electrons. The van der Waals surface area contributed by atoms with Crippen molar-refractivity contribution >= 4 is 47.6 Å². The zero-order valence-electron chi connectivity index (χ0n) is 33.4. The summed E-state index contributed by atoms with van der Waals surface area (Å²) < 4.78 is 11.0. The molecule has 8 bridgehead atoms. The number of aromatic nitrogens is 3. The molecule has 54 heavy (non-hydrogen) atoms. The number of fused-ring (bicyclic) bond motifs is 7. The van der Waals surface area contributed by atoms with E-state index in [1.807, 2.05) is 19.1 Å². The quantitative estimate of drug-likeness (QED) is 0.0870.